The van der Waals surface area contributed by atoms with Crippen LogP contribution < -0.4 is 10.5 Å². The number of halogens is 1. The number of anilines is 1. The molecule has 2 atom stereocenters. The smallest absolute Gasteiger partial charge is 0.241 e. The van der Waals surface area contributed by atoms with Crippen molar-refractivity contribution in [1.29, 1.82) is 0 Å². The zero-order chi connectivity index (χ0) is 15.8. The molecule has 1 aliphatic rings. The first kappa shape index (κ1) is 16.2. The Morgan fingerprint density at radius 3 is 2.62 bits per heavy atom. The molecule has 1 fully saturated rings. The number of nitrogen functional groups attached to an aromatic ring is 1. The molecule has 118 valence electrons. The maximum absolute atomic E-state index is 13.6. The first-order valence-electron chi connectivity index (χ1n) is 7.30. The van der Waals surface area contributed by atoms with Gasteiger partial charge in [-0.15, -0.1) is 0 Å². The van der Waals surface area contributed by atoms with Gasteiger partial charge in [0.1, 0.15) is 5.82 Å². The average molecular weight is 314 g/mol. The summed E-state index contributed by atoms with van der Waals surface area (Å²) in [6.07, 6.45) is 3.85. The fraction of sp³-hybridized carbons (Fsp3) is 0.600. The van der Waals surface area contributed by atoms with Gasteiger partial charge in [0.2, 0.25) is 10.0 Å². The number of nitrogens with two attached hydrogens (primary N) is 1. The van der Waals surface area contributed by atoms with Gasteiger partial charge in [0.15, 0.2) is 0 Å². The molecule has 0 aliphatic heterocycles. The van der Waals surface area contributed by atoms with Crippen molar-refractivity contribution in [1.82, 2.24) is 4.72 Å². The van der Waals surface area contributed by atoms with Crippen molar-refractivity contribution in [3.8, 4) is 0 Å². The number of hydrogen-bond donors (Lipinski definition) is 2. The van der Waals surface area contributed by atoms with Crippen LogP contribution in [0.5, 0.6) is 0 Å². The van der Waals surface area contributed by atoms with E-state index in [9.17, 15) is 12.8 Å². The highest BCUT2D eigenvalue weighted by Crippen LogP contribution is 2.29. The van der Waals surface area contributed by atoms with Crippen molar-refractivity contribution in [3.05, 3.63) is 23.0 Å². The third kappa shape index (κ3) is 3.37. The van der Waals surface area contributed by atoms with Gasteiger partial charge in [-0.25, -0.2) is 17.5 Å². The second kappa shape index (κ2) is 5.93. The van der Waals surface area contributed by atoms with Crippen molar-refractivity contribution in [2.24, 2.45) is 5.92 Å². The number of hydrogen-bond acceptors (Lipinski definition) is 3. The summed E-state index contributed by atoms with van der Waals surface area (Å²) in [4.78, 5) is 0.111. The molecule has 2 rings (SSSR count). The molecule has 0 radical (unpaired) electrons. The van der Waals surface area contributed by atoms with E-state index in [2.05, 4.69) is 11.6 Å². The largest absolute Gasteiger partial charge is 0.396 e. The third-order valence-electron chi connectivity index (χ3n) is 4.23. The molecule has 1 aromatic rings. The van der Waals surface area contributed by atoms with E-state index in [-0.39, 0.29) is 22.2 Å². The monoisotopic (exact) mass is 314 g/mol. The Labute approximate surface area is 126 Å². The van der Waals surface area contributed by atoms with Gasteiger partial charge in [0.25, 0.3) is 0 Å². The zero-order valence-corrected chi connectivity index (χ0v) is 13.6. The van der Waals surface area contributed by atoms with Gasteiger partial charge < -0.3 is 5.73 Å². The number of sulfonamides is 1. The van der Waals surface area contributed by atoms with Gasteiger partial charge in [0, 0.05) is 6.04 Å². The lowest BCUT2D eigenvalue weighted by Crippen LogP contribution is -2.38. The summed E-state index contributed by atoms with van der Waals surface area (Å²) in [5.41, 5.74) is 6.20. The zero-order valence-electron chi connectivity index (χ0n) is 12.7. The van der Waals surface area contributed by atoms with Crippen molar-refractivity contribution in [2.45, 2.75) is 57.4 Å². The molecule has 0 bridgehead atoms. The van der Waals surface area contributed by atoms with Crippen molar-refractivity contribution < 1.29 is 12.8 Å². The normalized spacial score (nSPS) is 23.2. The summed E-state index contributed by atoms with van der Waals surface area (Å²) in [5, 5.41) is 0. The van der Waals surface area contributed by atoms with Crippen LogP contribution in [0.3, 0.4) is 0 Å². The molecule has 0 saturated heterocycles. The molecule has 0 spiro atoms. The van der Waals surface area contributed by atoms with Crippen molar-refractivity contribution >= 4 is 15.7 Å². The molecule has 4 nitrogen and oxygen atoms in total. The molecule has 0 heterocycles. The summed E-state index contributed by atoms with van der Waals surface area (Å²) in [6.45, 7) is 5.27. The Hall–Kier alpha value is -1.14. The Balaban J connectivity index is 2.34. The third-order valence-corrected chi connectivity index (χ3v) is 6.04. The van der Waals surface area contributed by atoms with E-state index in [1.165, 1.54) is 6.07 Å². The van der Waals surface area contributed by atoms with E-state index in [0.717, 1.165) is 25.7 Å². The molecule has 1 aliphatic carbocycles. The SMILES string of the molecule is Cc1cc(F)c(N)c(C)c1S(=O)(=O)NC1CCCC(C)C1. The minimum Gasteiger partial charge on any atom is -0.396 e. The van der Waals surface area contributed by atoms with Crippen LogP contribution in [0.1, 0.15) is 43.7 Å². The lowest BCUT2D eigenvalue weighted by Gasteiger charge is -2.28. The average Bonchev–Trinajstić information content (AvgIpc) is 2.35. The fourth-order valence-corrected chi connectivity index (χ4v) is 4.93. The number of nitrogens with one attached hydrogen (secondary N) is 1. The van der Waals surface area contributed by atoms with E-state index < -0.39 is 15.8 Å². The fourth-order valence-electron chi connectivity index (χ4n) is 3.16. The molecule has 2 unspecified atom stereocenters. The van der Waals surface area contributed by atoms with E-state index in [1.807, 2.05) is 0 Å². The van der Waals surface area contributed by atoms with Gasteiger partial charge in [-0.1, -0.05) is 19.8 Å². The van der Waals surface area contributed by atoms with Crippen LogP contribution in [0.15, 0.2) is 11.0 Å². The topological polar surface area (TPSA) is 72.2 Å². The maximum Gasteiger partial charge on any atom is 0.241 e. The van der Waals surface area contributed by atoms with Crippen LogP contribution in [0, 0.1) is 25.6 Å². The Morgan fingerprint density at radius 1 is 1.33 bits per heavy atom. The first-order chi connectivity index (χ1) is 9.72. The highest BCUT2D eigenvalue weighted by atomic mass is 32.2. The minimum atomic E-state index is -3.68. The minimum absolute atomic E-state index is 0.0520. The lowest BCUT2D eigenvalue weighted by atomic mass is 9.88. The van der Waals surface area contributed by atoms with Crippen LogP contribution >= 0.6 is 0 Å². The van der Waals surface area contributed by atoms with Gasteiger partial charge in [-0.05, 0) is 49.8 Å². The summed E-state index contributed by atoms with van der Waals surface area (Å²) < 4.78 is 41.6. The molecule has 21 heavy (non-hydrogen) atoms. The lowest BCUT2D eigenvalue weighted by molar-refractivity contribution is 0.327. The Morgan fingerprint density at radius 2 is 2.00 bits per heavy atom. The molecule has 3 N–H and O–H groups in total. The molecule has 0 amide bonds. The van der Waals surface area contributed by atoms with E-state index in [0.29, 0.717) is 11.5 Å². The van der Waals surface area contributed by atoms with Crippen LogP contribution in [0.25, 0.3) is 0 Å². The summed E-state index contributed by atoms with van der Waals surface area (Å²) in [6, 6.07) is 1.13. The van der Waals surface area contributed by atoms with Crippen LogP contribution in [-0.4, -0.2) is 14.5 Å². The summed E-state index contributed by atoms with van der Waals surface area (Å²) in [5.74, 6) is -0.0535. The van der Waals surface area contributed by atoms with Gasteiger partial charge in [-0.2, -0.15) is 0 Å². The number of benzene rings is 1. The molecule has 0 aromatic heterocycles. The van der Waals surface area contributed by atoms with Crippen LogP contribution in [0.2, 0.25) is 0 Å². The predicted octanol–water partition coefficient (Wildman–Crippen LogP) is 2.88. The number of rotatable bonds is 3. The van der Waals surface area contributed by atoms with Crippen LogP contribution in [-0.2, 0) is 10.0 Å². The van der Waals surface area contributed by atoms with Gasteiger partial charge in [-0.3, -0.25) is 0 Å². The molecular weight excluding hydrogens is 291 g/mol. The van der Waals surface area contributed by atoms with E-state index in [4.69, 9.17) is 5.73 Å². The Bertz CT molecular complexity index is 644. The van der Waals surface area contributed by atoms with E-state index in [1.54, 1.807) is 13.8 Å². The molecule has 1 saturated carbocycles. The van der Waals surface area contributed by atoms with Crippen molar-refractivity contribution in [3.63, 3.8) is 0 Å². The number of aryl methyl sites for hydroxylation is 1. The summed E-state index contributed by atoms with van der Waals surface area (Å²) >= 11 is 0. The van der Waals surface area contributed by atoms with Crippen molar-refractivity contribution in [2.75, 3.05) is 5.73 Å². The van der Waals surface area contributed by atoms with Crippen LogP contribution in [0.4, 0.5) is 10.1 Å². The maximum atomic E-state index is 13.6. The standard InChI is InChI=1S/C15H23FN2O2S/c1-9-5-4-6-12(7-9)18-21(19,20)15-10(2)8-13(16)14(17)11(15)3/h8-9,12,18H,4-7,17H2,1-3H3. The highest BCUT2D eigenvalue weighted by molar-refractivity contribution is 7.89. The molecular formula is C15H23FN2O2S. The molecule has 6 heteroatoms. The second-order valence-electron chi connectivity index (χ2n) is 6.13. The Kier molecular flexibility index (Phi) is 4.58. The second-order valence-corrected chi connectivity index (χ2v) is 7.78. The first-order valence-corrected chi connectivity index (χ1v) is 8.78. The van der Waals surface area contributed by atoms with Gasteiger partial charge in [0.05, 0.1) is 10.6 Å². The quantitative estimate of drug-likeness (QED) is 0.843. The summed E-state index contributed by atoms with van der Waals surface area (Å²) in [7, 11) is -3.68. The van der Waals surface area contributed by atoms with Gasteiger partial charge >= 0.3 is 0 Å². The van der Waals surface area contributed by atoms with E-state index >= 15 is 0 Å². The molecule has 1 aromatic carbocycles. The highest BCUT2D eigenvalue weighted by Gasteiger charge is 2.28. The predicted molar refractivity (Wildman–Crippen MR) is 82.0 cm³/mol.